The number of nitrogens with one attached hydrogen (secondary N) is 1. The first-order valence-corrected chi connectivity index (χ1v) is 12.5. The number of benzene rings is 1. The van der Waals surface area contributed by atoms with Crippen LogP contribution in [-0.4, -0.2) is 41.4 Å². The highest BCUT2D eigenvalue weighted by molar-refractivity contribution is 8.15. The number of pyridine rings is 1. The molecular formula is C24H20F4N8O2S. The van der Waals surface area contributed by atoms with Crippen LogP contribution in [0.15, 0.2) is 40.1 Å². The standard InChI is InChI=1S/C24H20F4N8O2S/c1-10-32-16(36-38-10)9-37-17-8-31-19-14(34-17)3-4-30-20(19)33-11-5-12(18(26)13(25)6-11)23(2)15-7-24(15,21(27)28)39-22(29)35-23/h3-6,8,15,21H,7,9H2,1-2H3,(H2,29,35)(H,30,33)/t15-,23+,24-/m0/s1. The molecule has 15 heteroatoms. The van der Waals surface area contributed by atoms with Crippen molar-refractivity contribution in [1.82, 2.24) is 25.1 Å². The number of hydrogen-bond donors (Lipinski definition) is 2. The minimum Gasteiger partial charge on any atom is -0.468 e. The molecule has 3 N–H and O–H groups in total. The van der Waals surface area contributed by atoms with Gasteiger partial charge >= 0.3 is 0 Å². The predicted molar refractivity (Wildman–Crippen MR) is 134 cm³/mol. The molecule has 2 aliphatic rings. The fourth-order valence-electron chi connectivity index (χ4n) is 4.90. The van der Waals surface area contributed by atoms with Gasteiger partial charge in [-0.05, 0) is 25.5 Å². The van der Waals surface area contributed by atoms with E-state index in [-0.39, 0.29) is 41.1 Å². The van der Waals surface area contributed by atoms with Crippen LogP contribution < -0.4 is 15.8 Å². The van der Waals surface area contributed by atoms with Crippen molar-refractivity contribution in [1.29, 1.82) is 0 Å². The number of halogens is 4. The number of thioether (sulfide) groups is 1. The number of ether oxygens (including phenoxy) is 1. The van der Waals surface area contributed by atoms with E-state index in [0.29, 0.717) is 22.7 Å². The second-order valence-corrected chi connectivity index (χ2v) is 10.8. The maximum absolute atomic E-state index is 15.1. The number of amidine groups is 1. The summed E-state index contributed by atoms with van der Waals surface area (Å²) in [7, 11) is 0. The summed E-state index contributed by atoms with van der Waals surface area (Å²) in [6.07, 6.45) is 0.206. The van der Waals surface area contributed by atoms with E-state index >= 15 is 4.39 Å². The summed E-state index contributed by atoms with van der Waals surface area (Å²) in [5.74, 6) is -1.92. The van der Waals surface area contributed by atoms with Crippen molar-refractivity contribution in [3.63, 3.8) is 0 Å². The van der Waals surface area contributed by atoms with E-state index in [9.17, 15) is 13.2 Å². The molecule has 10 nitrogen and oxygen atoms in total. The van der Waals surface area contributed by atoms with Gasteiger partial charge in [0.1, 0.15) is 5.52 Å². The monoisotopic (exact) mass is 560 g/mol. The predicted octanol–water partition coefficient (Wildman–Crippen LogP) is 4.62. The van der Waals surface area contributed by atoms with E-state index in [1.807, 2.05) is 0 Å². The zero-order valence-corrected chi connectivity index (χ0v) is 21.3. The molecule has 6 rings (SSSR count). The molecule has 0 unspecified atom stereocenters. The zero-order chi connectivity index (χ0) is 27.5. The van der Waals surface area contributed by atoms with Crippen molar-refractivity contribution in [3.8, 4) is 5.88 Å². The Balaban J connectivity index is 1.30. The van der Waals surface area contributed by atoms with Gasteiger partial charge in [0.15, 0.2) is 29.2 Å². The highest BCUT2D eigenvalue weighted by atomic mass is 32.2. The van der Waals surface area contributed by atoms with Gasteiger partial charge in [-0.2, -0.15) is 4.98 Å². The maximum atomic E-state index is 15.1. The molecule has 0 amide bonds. The number of alkyl halides is 2. The van der Waals surface area contributed by atoms with E-state index in [0.717, 1.165) is 17.8 Å². The lowest BCUT2D eigenvalue weighted by Gasteiger charge is -2.34. The molecule has 0 spiro atoms. The molecule has 4 heterocycles. The van der Waals surface area contributed by atoms with Crippen molar-refractivity contribution >= 4 is 39.5 Å². The summed E-state index contributed by atoms with van der Waals surface area (Å²) in [5, 5.41) is 6.59. The SMILES string of the molecule is Cc1nc(COc2cnc3c(Nc4cc(F)c(F)c([C@@]5(C)N=C(N)S[C@@]6(C(F)F)C[C@@H]56)c4)nccc3n2)no1. The molecule has 4 aromatic rings. The number of nitrogens with two attached hydrogens (primary N) is 1. The van der Waals surface area contributed by atoms with Gasteiger partial charge in [0.05, 0.1) is 22.0 Å². The minimum absolute atomic E-state index is 0.0173. The van der Waals surface area contributed by atoms with E-state index in [2.05, 4.69) is 35.4 Å². The van der Waals surface area contributed by atoms with Gasteiger partial charge in [-0.25, -0.2) is 32.5 Å². The Kier molecular flexibility index (Phi) is 5.86. The summed E-state index contributed by atoms with van der Waals surface area (Å²) in [5.41, 5.74) is 5.06. The summed E-state index contributed by atoms with van der Waals surface area (Å²) < 4.78 is 66.7. The van der Waals surface area contributed by atoms with Crippen molar-refractivity contribution in [2.45, 2.75) is 43.6 Å². The molecule has 3 aromatic heterocycles. The third kappa shape index (κ3) is 4.30. The molecular weight excluding hydrogens is 540 g/mol. The van der Waals surface area contributed by atoms with Crippen LogP contribution in [0.25, 0.3) is 11.0 Å². The van der Waals surface area contributed by atoms with Gasteiger partial charge in [0.2, 0.25) is 17.6 Å². The van der Waals surface area contributed by atoms with Gasteiger partial charge in [0, 0.05) is 36.4 Å². The molecule has 0 radical (unpaired) electrons. The number of fused-ring (bicyclic) bond motifs is 2. The third-order valence-corrected chi connectivity index (χ3v) is 8.14. The van der Waals surface area contributed by atoms with Crippen LogP contribution in [0.1, 0.15) is 30.6 Å². The van der Waals surface area contributed by atoms with Crippen LogP contribution in [0, 0.1) is 24.5 Å². The van der Waals surface area contributed by atoms with Crippen molar-refractivity contribution < 1.29 is 26.8 Å². The molecule has 1 aliphatic carbocycles. The summed E-state index contributed by atoms with van der Waals surface area (Å²) in [6, 6.07) is 3.88. The molecule has 1 fully saturated rings. The lowest BCUT2D eigenvalue weighted by molar-refractivity contribution is 0.123. The molecule has 1 aliphatic heterocycles. The topological polar surface area (TPSA) is 137 Å². The van der Waals surface area contributed by atoms with Gasteiger partial charge in [-0.3, -0.25) is 4.99 Å². The van der Waals surface area contributed by atoms with E-state index in [4.69, 9.17) is 15.0 Å². The van der Waals surface area contributed by atoms with Crippen LogP contribution in [0.2, 0.25) is 0 Å². The van der Waals surface area contributed by atoms with Crippen molar-refractivity contribution in [3.05, 3.63) is 59.5 Å². The van der Waals surface area contributed by atoms with Crippen LogP contribution in [-0.2, 0) is 12.1 Å². The molecule has 0 bridgehead atoms. The van der Waals surface area contributed by atoms with Gasteiger partial charge in [-0.1, -0.05) is 16.9 Å². The van der Waals surface area contributed by atoms with Crippen LogP contribution in [0.4, 0.5) is 29.1 Å². The Morgan fingerprint density at radius 3 is 2.82 bits per heavy atom. The lowest BCUT2D eigenvalue weighted by atomic mass is 9.85. The Hall–Kier alpha value is -4.01. The van der Waals surface area contributed by atoms with Crippen molar-refractivity contribution in [2.75, 3.05) is 5.32 Å². The second-order valence-electron chi connectivity index (χ2n) is 9.41. The van der Waals surface area contributed by atoms with Crippen molar-refractivity contribution in [2.24, 2.45) is 16.6 Å². The molecule has 202 valence electrons. The largest absolute Gasteiger partial charge is 0.468 e. The molecule has 39 heavy (non-hydrogen) atoms. The average molecular weight is 561 g/mol. The molecule has 0 saturated heterocycles. The summed E-state index contributed by atoms with van der Waals surface area (Å²) in [6.45, 7) is 3.17. The number of nitrogens with zero attached hydrogens (tertiary/aromatic N) is 6. The molecule has 3 atom stereocenters. The van der Waals surface area contributed by atoms with Crippen LogP contribution in [0.5, 0.6) is 5.88 Å². The first-order valence-electron chi connectivity index (χ1n) is 11.7. The summed E-state index contributed by atoms with van der Waals surface area (Å²) in [4.78, 5) is 21.4. The normalized spacial score (nSPS) is 24.0. The quantitative estimate of drug-likeness (QED) is 0.308. The fraction of sp³-hybridized carbons (Fsp3) is 0.333. The first-order chi connectivity index (χ1) is 18.6. The Labute approximate surface area is 222 Å². The van der Waals surface area contributed by atoms with E-state index < -0.39 is 34.3 Å². The maximum Gasteiger partial charge on any atom is 0.253 e. The van der Waals surface area contributed by atoms with Gasteiger partial charge in [-0.15, -0.1) is 0 Å². The van der Waals surface area contributed by atoms with Gasteiger partial charge in [0.25, 0.3) is 6.43 Å². The Morgan fingerprint density at radius 1 is 1.26 bits per heavy atom. The third-order valence-electron chi connectivity index (χ3n) is 6.83. The van der Waals surface area contributed by atoms with Gasteiger partial charge < -0.3 is 20.3 Å². The zero-order valence-electron chi connectivity index (χ0n) is 20.5. The Morgan fingerprint density at radius 2 is 2.08 bits per heavy atom. The minimum atomic E-state index is -2.70. The fourth-order valence-corrected chi connectivity index (χ4v) is 6.24. The number of rotatable bonds is 7. The summed E-state index contributed by atoms with van der Waals surface area (Å²) >= 11 is 0.789. The number of hydrogen-bond acceptors (Lipinski definition) is 11. The highest BCUT2D eigenvalue weighted by Crippen LogP contribution is 2.68. The average Bonchev–Trinajstić information content (AvgIpc) is 3.51. The van der Waals surface area contributed by atoms with Crippen LogP contribution >= 0.6 is 11.8 Å². The Bertz CT molecular complexity index is 1640. The molecule has 1 saturated carbocycles. The van der Waals surface area contributed by atoms with Crippen LogP contribution in [0.3, 0.4) is 0 Å². The number of anilines is 2. The first kappa shape index (κ1) is 25.3. The highest BCUT2D eigenvalue weighted by Gasteiger charge is 2.71. The van der Waals surface area contributed by atoms with E-state index in [1.54, 1.807) is 13.0 Å². The lowest BCUT2D eigenvalue weighted by Crippen LogP contribution is -2.39. The smallest absolute Gasteiger partial charge is 0.253 e. The van der Waals surface area contributed by atoms with E-state index in [1.165, 1.54) is 25.4 Å². The number of aromatic nitrogens is 5. The molecule has 1 aromatic carbocycles. The number of aliphatic imine (C=N–C) groups is 1. The second kappa shape index (κ2) is 9.03. The number of aryl methyl sites for hydroxylation is 1.